The fraction of sp³-hybridized carbons (Fsp3) is 0.917. The fourth-order valence-corrected chi connectivity index (χ4v) is 1.14. The van der Waals surface area contributed by atoms with Crippen LogP contribution in [0.15, 0.2) is 0 Å². The molecule has 3 heteroatoms. The standard InChI is InChI=1S/C12H25NO2/c1-9(2)11(14)15-8-10(3)13(7)12(4,5)6/h9-10H,8H2,1-7H3. The number of carbonyl (C=O) groups excluding carboxylic acids is 1. The van der Waals surface area contributed by atoms with Crippen LogP contribution < -0.4 is 0 Å². The summed E-state index contributed by atoms with van der Waals surface area (Å²) in [4.78, 5) is 13.5. The van der Waals surface area contributed by atoms with Crippen molar-refractivity contribution in [3.05, 3.63) is 0 Å². The Morgan fingerprint density at radius 2 is 1.73 bits per heavy atom. The third-order valence-corrected chi connectivity index (χ3v) is 2.66. The van der Waals surface area contributed by atoms with Gasteiger partial charge in [0.25, 0.3) is 0 Å². The Labute approximate surface area is 93.8 Å². The van der Waals surface area contributed by atoms with Crippen LogP contribution in [-0.4, -0.2) is 36.1 Å². The maximum absolute atomic E-state index is 11.3. The van der Waals surface area contributed by atoms with Gasteiger partial charge in [0.15, 0.2) is 0 Å². The number of rotatable bonds is 4. The molecule has 1 unspecified atom stereocenters. The topological polar surface area (TPSA) is 29.5 Å². The quantitative estimate of drug-likeness (QED) is 0.674. The second-order valence-corrected chi connectivity index (χ2v) is 5.42. The van der Waals surface area contributed by atoms with Crippen molar-refractivity contribution in [3.8, 4) is 0 Å². The molecule has 1 atom stereocenters. The molecule has 90 valence electrons. The second-order valence-electron chi connectivity index (χ2n) is 5.42. The van der Waals surface area contributed by atoms with Gasteiger partial charge in [0.1, 0.15) is 6.61 Å². The maximum Gasteiger partial charge on any atom is 0.308 e. The third kappa shape index (κ3) is 5.17. The summed E-state index contributed by atoms with van der Waals surface area (Å²) < 4.78 is 5.20. The third-order valence-electron chi connectivity index (χ3n) is 2.66. The van der Waals surface area contributed by atoms with E-state index in [1.165, 1.54) is 0 Å². The molecule has 0 aromatic carbocycles. The zero-order chi connectivity index (χ0) is 12.2. The molecule has 0 saturated carbocycles. The molecule has 0 fully saturated rings. The molecule has 0 N–H and O–H groups in total. The highest BCUT2D eigenvalue weighted by molar-refractivity contribution is 5.71. The molecule has 0 spiro atoms. The molecular weight excluding hydrogens is 190 g/mol. The van der Waals surface area contributed by atoms with Crippen LogP contribution in [0.1, 0.15) is 41.5 Å². The molecule has 3 nitrogen and oxygen atoms in total. The van der Waals surface area contributed by atoms with E-state index in [1.807, 2.05) is 20.9 Å². The first-order valence-corrected chi connectivity index (χ1v) is 5.55. The molecule has 0 rings (SSSR count). The lowest BCUT2D eigenvalue weighted by molar-refractivity contribution is -0.149. The Kier molecular flexibility index (Phi) is 5.29. The smallest absolute Gasteiger partial charge is 0.308 e. The van der Waals surface area contributed by atoms with E-state index in [9.17, 15) is 4.79 Å². The monoisotopic (exact) mass is 215 g/mol. The van der Waals surface area contributed by atoms with E-state index in [1.54, 1.807) is 0 Å². The van der Waals surface area contributed by atoms with Crippen molar-refractivity contribution in [1.29, 1.82) is 0 Å². The van der Waals surface area contributed by atoms with Crippen LogP contribution in [0.4, 0.5) is 0 Å². The van der Waals surface area contributed by atoms with E-state index in [4.69, 9.17) is 4.74 Å². The lowest BCUT2D eigenvalue weighted by Gasteiger charge is -2.36. The molecular formula is C12H25NO2. The van der Waals surface area contributed by atoms with Crippen LogP contribution in [0, 0.1) is 5.92 Å². The molecule has 0 heterocycles. The van der Waals surface area contributed by atoms with Gasteiger partial charge in [-0.25, -0.2) is 0 Å². The van der Waals surface area contributed by atoms with E-state index in [-0.39, 0.29) is 23.5 Å². The number of esters is 1. The van der Waals surface area contributed by atoms with E-state index < -0.39 is 0 Å². The van der Waals surface area contributed by atoms with Crippen LogP contribution in [0.25, 0.3) is 0 Å². The second kappa shape index (κ2) is 5.50. The SMILES string of the molecule is CC(C)C(=O)OCC(C)N(C)C(C)(C)C. The highest BCUT2D eigenvalue weighted by Gasteiger charge is 2.23. The van der Waals surface area contributed by atoms with Crippen molar-refractivity contribution in [2.45, 2.75) is 53.1 Å². The molecule has 0 bridgehead atoms. The molecule has 0 saturated heterocycles. The maximum atomic E-state index is 11.3. The molecule has 0 amide bonds. The van der Waals surface area contributed by atoms with Crippen molar-refractivity contribution in [3.63, 3.8) is 0 Å². The number of hydrogen-bond donors (Lipinski definition) is 0. The van der Waals surface area contributed by atoms with Gasteiger partial charge >= 0.3 is 5.97 Å². The minimum Gasteiger partial charge on any atom is -0.464 e. The van der Waals surface area contributed by atoms with Crippen LogP contribution in [0.3, 0.4) is 0 Å². The van der Waals surface area contributed by atoms with Gasteiger partial charge in [-0.2, -0.15) is 0 Å². The zero-order valence-electron chi connectivity index (χ0n) is 11.1. The Balaban J connectivity index is 4.05. The minimum atomic E-state index is -0.121. The Hall–Kier alpha value is -0.570. The first kappa shape index (κ1) is 14.4. The van der Waals surface area contributed by atoms with Gasteiger partial charge in [-0.15, -0.1) is 0 Å². The van der Waals surface area contributed by atoms with Crippen molar-refractivity contribution >= 4 is 5.97 Å². The number of hydrogen-bond acceptors (Lipinski definition) is 3. The first-order chi connectivity index (χ1) is 6.66. The van der Waals surface area contributed by atoms with Crippen LogP contribution in [0.5, 0.6) is 0 Å². The molecule has 0 aliphatic carbocycles. The average Bonchev–Trinajstić information content (AvgIpc) is 2.10. The average molecular weight is 215 g/mol. The van der Waals surface area contributed by atoms with Crippen molar-refractivity contribution in [2.75, 3.05) is 13.7 Å². The Morgan fingerprint density at radius 1 is 1.27 bits per heavy atom. The van der Waals surface area contributed by atoms with Crippen molar-refractivity contribution in [1.82, 2.24) is 4.90 Å². The van der Waals surface area contributed by atoms with Gasteiger partial charge < -0.3 is 4.74 Å². The molecule has 0 aliphatic rings. The lowest BCUT2D eigenvalue weighted by atomic mass is 10.1. The summed E-state index contributed by atoms with van der Waals surface area (Å²) in [6.45, 7) is 12.7. The molecule has 0 aliphatic heterocycles. The largest absolute Gasteiger partial charge is 0.464 e. The van der Waals surface area contributed by atoms with Crippen LogP contribution >= 0.6 is 0 Å². The van der Waals surface area contributed by atoms with E-state index >= 15 is 0 Å². The molecule has 0 radical (unpaired) electrons. The summed E-state index contributed by atoms with van der Waals surface area (Å²) in [7, 11) is 2.05. The Bertz CT molecular complexity index is 206. The first-order valence-electron chi connectivity index (χ1n) is 5.55. The highest BCUT2D eigenvalue weighted by atomic mass is 16.5. The van der Waals surface area contributed by atoms with E-state index in [2.05, 4.69) is 32.6 Å². The predicted octanol–water partition coefficient (Wildman–Crippen LogP) is 2.30. The van der Waals surface area contributed by atoms with Gasteiger partial charge in [-0.05, 0) is 34.7 Å². The van der Waals surface area contributed by atoms with Crippen LogP contribution in [0.2, 0.25) is 0 Å². The number of carbonyl (C=O) groups is 1. The number of likely N-dealkylation sites (N-methyl/N-ethyl adjacent to an activating group) is 1. The van der Waals surface area contributed by atoms with Gasteiger partial charge in [0.05, 0.1) is 5.92 Å². The fourth-order valence-electron chi connectivity index (χ4n) is 1.14. The highest BCUT2D eigenvalue weighted by Crippen LogP contribution is 2.14. The number of nitrogens with zero attached hydrogens (tertiary/aromatic N) is 1. The Morgan fingerprint density at radius 3 is 2.07 bits per heavy atom. The summed E-state index contributed by atoms with van der Waals surface area (Å²) in [5.74, 6) is -0.165. The summed E-state index contributed by atoms with van der Waals surface area (Å²) in [6, 6.07) is 0.243. The van der Waals surface area contributed by atoms with Gasteiger partial charge in [0.2, 0.25) is 0 Å². The predicted molar refractivity (Wildman–Crippen MR) is 62.8 cm³/mol. The summed E-state index contributed by atoms with van der Waals surface area (Å²) in [5, 5.41) is 0. The van der Waals surface area contributed by atoms with Crippen molar-refractivity contribution < 1.29 is 9.53 Å². The molecule has 0 aromatic rings. The van der Waals surface area contributed by atoms with Gasteiger partial charge in [-0.1, -0.05) is 13.8 Å². The molecule has 15 heavy (non-hydrogen) atoms. The minimum absolute atomic E-state index is 0.0443. The van der Waals surface area contributed by atoms with Crippen molar-refractivity contribution in [2.24, 2.45) is 5.92 Å². The van der Waals surface area contributed by atoms with Gasteiger partial charge in [-0.3, -0.25) is 9.69 Å². The van der Waals surface area contributed by atoms with Crippen LogP contribution in [-0.2, 0) is 9.53 Å². The zero-order valence-corrected chi connectivity index (χ0v) is 11.1. The van der Waals surface area contributed by atoms with E-state index in [0.717, 1.165) is 0 Å². The lowest BCUT2D eigenvalue weighted by Crippen LogP contribution is -2.46. The summed E-state index contributed by atoms with van der Waals surface area (Å²) in [5.41, 5.74) is 0.101. The summed E-state index contributed by atoms with van der Waals surface area (Å²) in [6.07, 6.45) is 0. The number of ether oxygens (including phenoxy) is 1. The molecule has 0 aromatic heterocycles. The van der Waals surface area contributed by atoms with Gasteiger partial charge in [0, 0.05) is 11.6 Å². The summed E-state index contributed by atoms with van der Waals surface area (Å²) >= 11 is 0. The van der Waals surface area contributed by atoms with E-state index in [0.29, 0.717) is 6.61 Å². The normalized spacial score (nSPS) is 14.5.